The zero-order valence-electron chi connectivity index (χ0n) is 20.1. The van der Waals surface area contributed by atoms with Crippen molar-refractivity contribution in [2.24, 2.45) is 0 Å². The van der Waals surface area contributed by atoms with E-state index in [4.69, 9.17) is 20.9 Å². The van der Waals surface area contributed by atoms with Gasteiger partial charge in [0, 0.05) is 18.1 Å². The van der Waals surface area contributed by atoms with Gasteiger partial charge in [-0.1, -0.05) is 12.1 Å². The first-order valence-electron chi connectivity index (χ1n) is 11.5. The third-order valence-electron chi connectivity index (χ3n) is 6.03. The number of nitrogens with zero attached hydrogens (tertiary/aromatic N) is 3. The molecular formula is C27H22F3N5O3. The van der Waals surface area contributed by atoms with Crippen LogP contribution < -0.4 is 20.9 Å². The van der Waals surface area contributed by atoms with E-state index in [1.165, 1.54) is 29.2 Å². The lowest BCUT2D eigenvalue weighted by atomic mass is 10.0. The van der Waals surface area contributed by atoms with E-state index in [0.29, 0.717) is 28.8 Å². The van der Waals surface area contributed by atoms with Gasteiger partial charge < -0.3 is 20.9 Å². The van der Waals surface area contributed by atoms with Gasteiger partial charge in [-0.15, -0.1) is 0 Å². The van der Waals surface area contributed by atoms with Crippen LogP contribution in [0.4, 0.5) is 24.7 Å². The van der Waals surface area contributed by atoms with E-state index in [9.17, 15) is 18.0 Å². The summed E-state index contributed by atoms with van der Waals surface area (Å²) in [5.74, 6) is -0.378. The molecule has 0 saturated heterocycles. The number of ether oxygens (including phenoxy) is 2. The van der Waals surface area contributed by atoms with Crippen molar-refractivity contribution in [2.75, 3.05) is 18.1 Å². The van der Waals surface area contributed by atoms with Crippen molar-refractivity contribution >= 4 is 23.4 Å². The van der Waals surface area contributed by atoms with Gasteiger partial charge in [-0.25, -0.2) is 22.8 Å². The fourth-order valence-electron chi connectivity index (χ4n) is 4.15. The molecule has 0 atom stereocenters. The van der Waals surface area contributed by atoms with Crippen LogP contribution in [0.15, 0.2) is 60.4 Å². The summed E-state index contributed by atoms with van der Waals surface area (Å²) in [5.41, 5.74) is 15.7. The minimum atomic E-state index is -2.63. The van der Waals surface area contributed by atoms with Gasteiger partial charge in [0.05, 0.1) is 29.3 Å². The van der Waals surface area contributed by atoms with Crippen molar-refractivity contribution in [3.05, 3.63) is 88.5 Å². The molecule has 0 aliphatic heterocycles. The number of ketones is 1. The zero-order chi connectivity index (χ0) is 27.0. The van der Waals surface area contributed by atoms with E-state index in [-0.39, 0.29) is 40.2 Å². The summed E-state index contributed by atoms with van der Waals surface area (Å²) in [7, 11) is 0. The molecule has 0 bridgehead atoms. The number of anilines is 2. The van der Waals surface area contributed by atoms with Gasteiger partial charge in [-0.05, 0) is 54.0 Å². The minimum Gasteiger partial charge on any atom is -0.485 e. The maximum atomic E-state index is 13.9. The molecular weight excluding hydrogens is 499 g/mol. The van der Waals surface area contributed by atoms with Crippen LogP contribution in [0.25, 0.3) is 11.8 Å². The number of allylic oxidation sites excluding steroid dienone is 1. The number of nitrogen functional groups attached to an aromatic ring is 2. The predicted molar refractivity (Wildman–Crippen MR) is 135 cm³/mol. The van der Waals surface area contributed by atoms with E-state index in [1.807, 2.05) is 0 Å². The Labute approximate surface area is 215 Å². The van der Waals surface area contributed by atoms with Crippen LogP contribution in [-0.4, -0.2) is 33.6 Å². The Hall–Kier alpha value is -4.80. The third-order valence-corrected chi connectivity index (χ3v) is 6.03. The summed E-state index contributed by atoms with van der Waals surface area (Å²) < 4.78 is 51.0. The molecule has 11 heteroatoms. The lowest BCUT2D eigenvalue weighted by Gasteiger charge is -2.11. The molecule has 1 aliphatic rings. The van der Waals surface area contributed by atoms with Gasteiger partial charge >= 0.3 is 0 Å². The monoisotopic (exact) mass is 521 g/mol. The van der Waals surface area contributed by atoms with Crippen molar-refractivity contribution in [3.63, 3.8) is 0 Å². The molecule has 2 heterocycles. The Kier molecular flexibility index (Phi) is 6.50. The smallest absolute Gasteiger partial charge is 0.272 e. The summed E-state index contributed by atoms with van der Waals surface area (Å²) in [6.07, 6.45) is 2.16. The molecule has 0 fully saturated rings. The van der Waals surface area contributed by atoms with Gasteiger partial charge in [-0.3, -0.25) is 4.79 Å². The van der Waals surface area contributed by atoms with Crippen LogP contribution in [0.3, 0.4) is 0 Å². The number of benzene rings is 2. The van der Waals surface area contributed by atoms with E-state index < -0.39 is 18.8 Å². The molecule has 1 aliphatic carbocycles. The number of Topliss-reactive ketones (excluding diaryl/α,β-unsaturated/α-hetero) is 1. The second-order valence-corrected chi connectivity index (χ2v) is 8.66. The highest BCUT2D eigenvalue weighted by Gasteiger charge is 2.25. The average Bonchev–Trinajstić information content (AvgIpc) is 3.46. The summed E-state index contributed by atoms with van der Waals surface area (Å²) in [5, 5.41) is 4.28. The van der Waals surface area contributed by atoms with Gasteiger partial charge in [0.15, 0.2) is 17.3 Å². The first-order chi connectivity index (χ1) is 18.2. The first kappa shape index (κ1) is 24.9. The second-order valence-electron chi connectivity index (χ2n) is 8.66. The van der Waals surface area contributed by atoms with Crippen LogP contribution in [0, 0.1) is 12.7 Å². The van der Waals surface area contributed by atoms with Crippen LogP contribution in [-0.2, 0) is 6.42 Å². The van der Waals surface area contributed by atoms with Crippen LogP contribution in [0.2, 0.25) is 0 Å². The lowest BCUT2D eigenvalue weighted by Crippen LogP contribution is -2.09. The quantitative estimate of drug-likeness (QED) is 0.244. The van der Waals surface area contributed by atoms with Crippen molar-refractivity contribution < 1.29 is 27.4 Å². The molecule has 194 valence electrons. The molecule has 4 N–H and O–H groups in total. The van der Waals surface area contributed by atoms with Crippen molar-refractivity contribution in [3.8, 4) is 23.1 Å². The molecule has 38 heavy (non-hydrogen) atoms. The Balaban J connectivity index is 1.37. The van der Waals surface area contributed by atoms with Gasteiger partial charge in [-0.2, -0.15) is 5.10 Å². The maximum Gasteiger partial charge on any atom is 0.272 e. The highest BCUT2D eigenvalue weighted by Crippen LogP contribution is 2.35. The number of carbonyl (C=O) groups excluding carboxylic acids is 1. The predicted octanol–water partition coefficient (Wildman–Crippen LogP) is 5.14. The highest BCUT2D eigenvalue weighted by molar-refractivity contribution is 6.15. The normalized spacial score (nSPS) is 12.4. The van der Waals surface area contributed by atoms with E-state index in [0.717, 1.165) is 5.56 Å². The fourth-order valence-corrected chi connectivity index (χ4v) is 4.15. The fraction of sp³-hybridized carbons (Fsp3) is 0.148. The lowest BCUT2D eigenvalue weighted by molar-refractivity contribution is 0.0822. The topological polar surface area (TPSA) is 118 Å². The van der Waals surface area contributed by atoms with Gasteiger partial charge in [0.25, 0.3) is 6.43 Å². The summed E-state index contributed by atoms with van der Waals surface area (Å²) in [4.78, 5) is 17.5. The molecule has 8 nitrogen and oxygen atoms in total. The Morgan fingerprint density at radius 2 is 1.92 bits per heavy atom. The summed E-state index contributed by atoms with van der Waals surface area (Å²) in [6.45, 7) is 1.00. The third kappa shape index (κ3) is 4.77. The number of hydrogen-bond acceptors (Lipinski definition) is 7. The zero-order valence-corrected chi connectivity index (χ0v) is 20.1. The number of para-hydroxylation sites is 1. The second kappa shape index (κ2) is 9.92. The highest BCUT2D eigenvalue weighted by atomic mass is 19.3. The molecule has 0 saturated carbocycles. The Morgan fingerprint density at radius 1 is 1.13 bits per heavy atom. The number of aromatic nitrogens is 3. The molecule has 2 aromatic carbocycles. The van der Waals surface area contributed by atoms with E-state index in [2.05, 4.69) is 10.1 Å². The van der Waals surface area contributed by atoms with E-state index in [1.54, 1.807) is 43.3 Å². The number of fused-ring (bicyclic) bond motifs is 1. The standard InChI is InChI=1S/C27H22F3N5O3/c1-14-6-25(38-22-5-3-2-4-19(22)28)33-12-21(14)35-27(32)18(11-34-35)26(36)17-7-15-9-20(31)23(10-16(15)8-17)37-13-24(29)30/h2-6,8-12,24H,7,13,31-32H2,1H3. The number of nitrogens with two attached hydrogens (primary N) is 2. The van der Waals surface area contributed by atoms with E-state index >= 15 is 0 Å². The van der Waals surface area contributed by atoms with Crippen molar-refractivity contribution in [1.29, 1.82) is 0 Å². The minimum absolute atomic E-state index is 0.0407. The molecule has 0 radical (unpaired) electrons. The number of alkyl halides is 2. The number of carbonyl (C=O) groups is 1. The van der Waals surface area contributed by atoms with Gasteiger partial charge in [0.2, 0.25) is 5.88 Å². The molecule has 4 aromatic rings. The number of rotatable bonds is 8. The molecule has 0 spiro atoms. The largest absolute Gasteiger partial charge is 0.485 e. The van der Waals surface area contributed by atoms with Crippen LogP contribution >= 0.6 is 0 Å². The summed E-state index contributed by atoms with van der Waals surface area (Å²) in [6, 6.07) is 10.7. The number of aryl methyl sites for hydroxylation is 1. The Bertz CT molecular complexity index is 1580. The summed E-state index contributed by atoms with van der Waals surface area (Å²) >= 11 is 0. The van der Waals surface area contributed by atoms with Crippen LogP contribution in [0.5, 0.6) is 17.4 Å². The maximum absolute atomic E-state index is 13.9. The van der Waals surface area contributed by atoms with Crippen molar-refractivity contribution in [1.82, 2.24) is 14.8 Å². The average molecular weight is 521 g/mol. The van der Waals surface area contributed by atoms with Crippen molar-refractivity contribution in [2.45, 2.75) is 19.8 Å². The first-order valence-corrected chi connectivity index (χ1v) is 11.5. The number of halogens is 3. The van der Waals surface area contributed by atoms with Crippen LogP contribution in [0.1, 0.15) is 27.0 Å². The molecule has 0 amide bonds. The molecule has 0 unspecified atom stereocenters. The molecule has 5 rings (SSSR count). The number of hydrogen-bond donors (Lipinski definition) is 2. The Morgan fingerprint density at radius 3 is 2.66 bits per heavy atom. The molecule has 2 aromatic heterocycles. The SMILES string of the molecule is Cc1cc(Oc2ccccc2F)ncc1-n1ncc(C(=O)C2=Cc3cc(OCC(F)F)c(N)cc3C2)c1N. The number of pyridine rings is 1. The van der Waals surface area contributed by atoms with Gasteiger partial charge in [0.1, 0.15) is 18.2 Å².